The molecule has 0 aliphatic carbocycles. The molecule has 1 fully saturated rings. The van der Waals surface area contributed by atoms with Crippen molar-refractivity contribution in [2.75, 3.05) is 6.61 Å². The lowest BCUT2D eigenvalue weighted by molar-refractivity contribution is -0.274. The van der Waals surface area contributed by atoms with Crippen molar-refractivity contribution < 1.29 is 9.47 Å². The van der Waals surface area contributed by atoms with E-state index in [9.17, 15) is 0 Å². The Bertz CT molecular complexity index is 154. The molecule has 0 saturated carbocycles. The van der Waals surface area contributed by atoms with Crippen LogP contribution in [0.5, 0.6) is 0 Å². The molecule has 0 bridgehead atoms. The number of unbranched alkanes of at least 4 members (excludes halogenated alkanes) is 3. The third-order valence-corrected chi connectivity index (χ3v) is 2.72. The van der Waals surface area contributed by atoms with Crippen molar-refractivity contribution in [3.63, 3.8) is 0 Å². The van der Waals surface area contributed by atoms with Crippen molar-refractivity contribution in [2.45, 2.75) is 71.2 Å². The van der Waals surface area contributed by atoms with Crippen LogP contribution in [0.3, 0.4) is 0 Å². The smallest absolute Gasteiger partial charge is 0.163 e. The molecule has 0 radical (unpaired) electrons. The van der Waals surface area contributed by atoms with Gasteiger partial charge in [0.15, 0.2) is 5.79 Å². The van der Waals surface area contributed by atoms with Crippen LogP contribution in [0.4, 0.5) is 0 Å². The van der Waals surface area contributed by atoms with Gasteiger partial charge in [-0.2, -0.15) is 0 Å². The van der Waals surface area contributed by atoms with E-state index in [1.54, 1.807) is 0 Å². The van der Waals surface area contributed by atoms with Gasteiger partial charge in [-0.1, -0.05) is 32.6 Å². The summed E-state index contributed by atoms with van der Waals surface area (Å²) in [6, 6.07) is 0. The molecule has 0 aromatic rings. The second-order valence-corrected chi connectivity index (χ2v) is 4.63. The molecule has 0 amide bonds. The summed E-state index contributed by atoms with van der Waals surface area (Å²) in [6.07, 6.45) is 8.00. The third-order valence-electron chi connectivity index (χ3n) is 2.72. The largest absolute Gasteiger partial charge is 0.350 e. The summed E-state index contributed by atoms with van der Waals surface area (Å²) in [5, 5.41) is 0. The second kappa shape index (κ2) is 5.72. The number of rotatable bonds is 5. The Morgan fingerprint density at radius 1 is 1.21 bits per heavy atom. The zero-order valence-corrected chi connectivity index (χ0v) is 9.84. The fraction of sp³-hybridized carbons (Fsp3) is 1.00. The van der Waals surface area contributed by atoms with Gasteiger partial charge in [-0.05, 0) is 26.7 Å². The fourth-order valence-corrected chi connectivity index (χ4v) is 1.93. The Hall–Kier alpha value is -0.0800. The molecule has 1 aliphatic heterocycles. The van der Waals surface area contributed by atoms with Crippen LogP contribution in [0.2, 0.25) is 0 Å². The highest BCUT2D eigenvalue weighted by molar-refractivity contribution is 4.68. The van der Waals surface area contributed by atoms with E-state index in [1.807, 2.05) is 13.8 Å². The van der Waals surface area contributed by atoms with Crippen LogP contribution in [-0.2, 0) is 9.47 Å². The molecule has 84 valence electrons. The molecule has 1 atom stereocenters. The summed E-state index contributed by atoms with van der Waals surface area (Å²) in [4.78, 5) is 0. The lowest BCUT2D eigenvalue weighted by Gasteiger charge is -2.36. The van der Waals surface area contributed by atoms with Crippen LogP contribution in [-0.4, -0.2) is 18.5 Å². The summed E-state index contributed by atoms with van der Waals surface area (Å²) < 4.78 is 11.3. The van der Waals surface area contributed by atoms with Crippen LogP contribution in [0.25, 0.3) is 0 Å². The van der Waals surface area contributed by atoms with Crippen LogP contribution < -0.4 is 0 Å². The standard InChI is InChI=1S/C12H24O2/c1-4-5-6-7-8-11-9-10-13-12(2,3)14-11/h11H,4-10H2,1-3H3/t11-/m0/s1. The van der Waals surface area contributed by atoms with Gasteiger partial charge in [0.1, 0.15) is 0 Å². The Kier molecular flexibility index (Phi) is 4.90. The van der Waals surface area contributed by atoms with Gasteiger partial charge in [0, 0.05) is 0 Å². The number of hydrogen-bond donors (Lipinski definition) is 0. The highest BCUT2D eigenvalue weighted by atomic mass is 16.7. The van der Waals surface area contributed by atoms with Gasteiger partial charge in [0.2, 0.25) is 0 Å². The quantitative estimate of drug-likeness (QED) is 0.632. The molecule has 2 heteroatoms. The first kappa shape index (κ1) is 12.0. The van der Waals surface area contributed by atoms with Crippen molar-refractivity contribution in [3.05, 3.63) is 0 Å². The van der Waals surface area contributed by atoms with E-state index >= 15 is 0 Å². The maximum atomic E-state index is 5.83. The third kappa shape index (κ3) is 4.43. The van der Waals surface area contributed by atoms with Crippen molar-refractivity contribution >= 4 is 0 Å². The van der Waals surface area contributed by atoms with Crippen molar-refractivity contribution in [1.82, 2.24) is 0 Å². The van der Waals surface area contributed by atoms with Crippen LogP contribution in [0.1, 0.15) is 59.3 Å². The highest BCUT2D eigenvalue weighted by Crippen LogP contribution is 2.25. The highest BCUT2D eigenvalue weighted by Gasteiger charge is 2.28. The van der Waals surface area contributed by atoms with Crippen LogP contribution in [0, 0.1) is 0 Å². The van der Waals surface area contributed by atoms with Crippen LogP contribution >= 0.6 is 0 Å². The molecule has 14 heavy (non-hydrogen) atoms. The molecular formula is C12H24O2. The lowest BCUT2D eigenvalue weighted by Crippen LogP contribution is -2.39. The molecule has 1 aliphatic rings. The molecular weight excluding hydrogens is 176 g/mol. The summed E-state index contributed by atoms with van der Waals surface area (Å²) in [7, 11) is 0. The van der Waals surface area contributed by atoms with E-state index in [0.29, 0.717) is 6.10 Å². The van der Waals surface area contributed by atoms with E-state index < -0.39 is 0 Å². The van der Waals surface area contributed by atoms with Gasteiger partial charge in [-0.15, -0.1) is 0 Å². The molecule has 0 aromatic carbocycles. The molecule has 0 aromatic heterocycles. The zero-order chi connectivity index (χ0) is 10.4. The van der Waals surface area contributed by atoms with E-state index in [2.05, 4.69) is 6.92 Å². The molecule has 2 nitrogen and oxygen atoms in total. The topological polar surface area (TPSA) is 18.5 Å². The first-order chi connectivity index (χ1) is 6.64. The molecule has 0 unspecified atom stereocenters. The number of hydrogen-bond acceptors (Lipinski definition) is 2. The monoisotopic (exact) mass is 200 g/mol. The Balaban J connectivity index is 2.12. The Morgan fingerprint density at radius 2 is 2.00 bits per heavy atom. The minimum Gasteiger partial charge on any atom is -0.350 e. The van der Waals surface area contributed by atoms with Gasteiger partial charge < -0.3 is 9.47 Å². The zero-order valence-electron chi connectivity index (χ0n) is 9.84. The second-order valence-electron chi connectivity index (χ2n) is 4.63. The molecule has 0 spiro atoms. The average Bonchev–Trinajstić information content (AvgIpc) is 2.11. The maximum Gasteiger partial charge on any atom is 0.163 e. The van der Waals surface area contributed by atoms with E-state index in [0.717, 1.165) is 13.0 Å². The molecule has 1 heterocycles. The summed E-state index contributed by atoms with van der Waals surface area (Å²) in [5.41, 5.74) is 0. The van der Waals surface area contributed by atoms with E-state index in [-0.39, 0.29) is 5.79 Å². The summed E-state index contributed by atoms with van der Waals surface area (Å²) in [5.74, 6) is -0.353. The Morgan fingerprint density at radius 3 is 2.64 bits per heavy atom. The van der Waals surface area contributed by atoms with Gasteiger partial charge in [0.05, 0.1) is 12.7 Å². The Labute approximate surface area is 88.0 Å². The fourth-order valence-electron chi connectivity index (χ4n) is 1.93. The van der Waals surface area contributed by atoms with E-state index in [1.165, 1.54) is 32.1 Å². The van der Waals surface area contributed by atoms with E-state index in [4.69, 9.17) is 9.47 Å². The van der Waals surface area contributed by atoms with Crippen molar-refractivity contribution in [3.8, 4) is 0 Å². The van der Waals surface area contributed by atoms with Crippen molar-refractivity contribution in [2.24, 2.45) is 0 Å². The SMILES string of the molecule is CCCCCC[C@H]1CCOC(C)(C)O1. The minimum atomic E-state index is -0.353. The predicted octanol–water partition coefficient (Wildman–Crippen LogP) is 3.50. The maximum absolute atomic E-state index is 5.83. The summed E-state index contributed by atoms with van der Waals surface area (Å²) >= 11 is 0. The molecule has 1 rings (SSSR count). The van der Waals surface area contributed by atoms with Gasteiger partial charge in [-0.25, -0.2) is 0 Å². The molecule has 1 saturated heterocycles. The minimum absolute atomic E-state index is 0.353. The van der Waals surface area contributed by atoms with Crippen LogP contribution in [0.15, 0.2) is 0 Å². The first-order valence-corrected chi connectivity index (χ1v) is 5.96. The average molecular weight is 200 g/mol. The van der Waals surface area contributed by atoms with Gasteiger partial charge in [-0.3, -0.25) is 0 Å². The molecule has 0 N–H and O–H groups in total. The normalized spacial score (nSPS) is 26.4. The van der Waals surface area contributed by atoms with Gasteiger partial charge in [0.25, 0.3) is 0 Å². The lowest BCUT2D eigenvalue weighted by atomic mass is 10.1. The summed E-state index contributed by atoms with van der Waals surface area (Å²) in [6.45, 7) is 7.11. The van der Waals surface area contributed by atoms with Gasteiger partial charge >= 0.3 is 0 Å². The predicted molar refractivity (Wildman–Crippen MR) is 58.3 cm³/mol. The first-order valence-electron chi connectivity index (χ1n) is 5.96. The number of ether oxygens (including phenoxy) is 2. The van der Waals surface area contributed by atoms with Crippen molar-refractivity contribution in [1.29, 1.82) is 0 Å².